The summed E-state index contributed by atoms with van der Waals surface area (Å²) in [5.74, 6) is 2.79. The number of fused-ring (bicyclic) bond motifs is 1. The van der Waals surface area contributed by atoms with Crippen LogP contribution < -0.4 is 11.1 Å². The fourth-order valence-corrected chi connectivity index (χ4v) is 4.41. The molecule has 0 aliphatic heterocycles. The van der Waals surface area contributed by atoms with E-state index in [1.165, 1.54) is 51.4 Å². The average molecular weight is 264 g/mol. The van der Waals surface area contributed by atoms with Crippen molar-refractivity contribution in [1.82, 2.24) is 5.32 Å². The van der Waals surface area contributed by atoms with E-state index in [0.29, 0.717) is 12.1 Å². The Hall–Kier alpha value is -0.570. The first-order valence-electron chi connectivity index (χ1n) is 8.25. The van der Waals surface area contributed by atoms with E-state index >= 15 is 0 Å². The van der Waals surface area contributed by atoms with Crippen LogP contribution in [0.25, 0.3) is 0 Å². The van der Waals surface area contributed by atoms with Crippen molar-refractivity contribution in [3.8, 4) is 0 Å². The number of nitrogens with one attached hydrogen (secondary N) is 1. The zero-order valence-electron chi connectivity index (χ0n) is 11.9. The summed E-state index contributed by atoms with van der Waals surface area (Å²) in [4.78, 5) is 11.9. The summed E-state index contributed by atoms with van der Waals surface area (Å²) in [6, 6.07) is 0.868. The number of amides is 1. The summed E-state index contributed by atoms with van der Waals surface area (Å²) in [5.41, 5.74) is 6.00. The predicted molar refractivity (Wildman–Crippen MR) is 76.5 cm³/mol. The van der Waals surface area contributed by atoms with Crippen LogP contribution in [0.2, 0.25) is 0 Å². The van der Waals surface area contributed by atoms with Gasteiger partial charge in [-0.3, -0.25) is 4.79 Å². The van der Waals surface area contributed by atoms with Crippen LogP contribution in [-0.4, -0.2) is 18.0 Å². The molecular formula is C16H28N2O. The van der Waals surface area contributed by atoms with Gasteiger partial charge in [0.2, 0.25) is 5.91 Å². The summed E-state index contributed by atoms with van der Waals surface area (Å²) < 4.78 is 0. The van der Waals surface area contributed by atoms with Crippen LogP contribution in [-0.2, 0) is 4.79 Å². The molecule has 0 spiro atoms. The van der Waals surface area contributed by atoms with Crippen molar-refractivity contribution in [3.05, 3.63) is 0 Å². The highest BCUT2D eigenvalue weighted by Crippen LogP contribution is 2.43. The molecule has 1 amide bonds. The summed E-state index contributed by atoms with van der Waals surface area (Å²) >= 11 is 0. The van der Waals surface area contributed by atoms with Gasteiger partial charge in [-0.05, 0) is 56.3 Å². The topological polar surface area (TPSA) is 55.1 Å². The number of rotatable bonds is 5. The zero-order chi connectivity index (χ0) is 13.2. The van der Waals surface area contributed by atoms with E-state index in [9.17, 15) is 4.79 Å². The molecule has 3 nitrogen and oxygen atoms in total. The first kappa shape index (κ1) is 13.4. The molecule has 3 aliphatic rings. The largest absolute Gasteiger partial charge is 0.353 e. The number of hydrogen-bond acceptors (Lipinski definition) is 2. The Morgan fingerprint density at radius 1 is 1.11 bits per heavy atom. The predicted octanol–water partition coefficient (Wildman–Crippen LogP) is 2.59. The fraction of sp³-hybridized carbons (Fsp3) is 0.938. The van der Waals surface area contributed by atoms with E-state index in [2.05, 4.69) is 5.32 Å². The van der Waals surface area contributed by atoms with Gasteiger partial charge in [-0.1, -0.05) is 19.3 Å². The van der Waals surface area contributed by atoms with Crippen LogP contribution in [0.3, 0.4) is 0 Å². The van der Waals surface area contributed by atoms with Crippen molar-refractivity contribution in [3.63, 3.8) is 0 Å². The third-order valence-corrected chi connectivity index (χ3v) is 5.66. The van der Waals surface area contributed by atoms with E-state index in [1.54, 1.807) is 0 Å². The first-order valence-corrected chi connectivity index (χ1v) is 8.25. The van der Waals surface area contributed by atoms with Gasteiger partial charge in [0.25, 0.3) is 0 Å². The lowest BCUT2D eigenvalue weighted by Crippen LogP contribution is -2.33. The van der Waals surface area contributed by atoms with Crippen molar-refractivity contribution in [2.24, 2.45) is 23.5 Å². The molecule has 19 heavy (non-hydrogen) atoms. The number of carbonyl (C=O) groups excluding carboxylic acids is 1. The average Bonchev–Trinajstić information content (AvgIpc) is 2.78. The molecule has 3 rings (SSSR count). The highest BCUT2D eigenvalue weighted by molar-refractivity contribution is 5.76. The Kier molecular flexibility index (Phi) is 4.11. The maximum absolute atomic E-state index is 11.9. The molecule has 3 saturated carbocycles. The summed E-state index contributed by atoms with van der Waals surface area (Å²) in [6.45, 7) is 0. The molecule has 3 heteroatoms. The van der Waals surface area contributed by atoms with Crippen LogP contribution >= 0.6 is 0 Å². The van der Waals surface area contributed by atoms with E-state index < -0.39 is 0 Å². The van der Waals surface area contributed by atoms with Crippen molar-refractivity contribution < 1.29 is 4.79 Å². The molecule has 2 unspecified atom stereocenters. The maximum atomic E-state index is 11.9. The lowest BCUT2D eigenvalue weighted by Gasteiger charge is -2.25. The van der Waals surface area contributed by atoms with Crippen molar-refractivity contribution in [1.29, 1.82) is 0 Å². The van der Waals surface area contributed by atoms with Crippen LogP contribution in [0.15, 0.2) is 0 Å². The van der Waals surface area contributed by atoms with E-state index in [0.717, 1.165) is 30.6 Å². The standard InChI is InChI=1S/C16H28N2O/c17-14-7-12-9-15(10-13(12)8-14)18-16(19)6-2-5-11-3-1-4-11/h11-15H,1-10,17H2,(H,18,19). The van der Waals surface area contributed by atoms with Crippen LogP contribution in [0, 0.1) is 17.8 Å². The molecule has 3 aliphatic carbocycles. The van der Waals surface area contributed by atoms with Crippen molar-refractivity contribution in [2.45, 2.75) is 76.3 Å². The van der Waals surface area contributed by atoms with Gasteiger partial charge < -0.3 is 11.1 Å². The summed E-state index contributed by atoms with van der Waals surface area (Å²) in [7, 11) is 0. The molecule has 108 valence electrons. The highest BCUT2D eigenvalue weighted by Gasteiger charge is 2.40. The molecule has 3 N–H and O–H groups in total. The van der Waals surface area contributed by atoms with Gasteiger partial charge >= 0.3 is 0 Å². The molecule has 0 bridgehead atoms. The molecule has 0 aromatic heterocycles. The Bertz CT molecular complexity index is 313. The van der Waals surface area contributed by atoms with E-state index in [4.69, 9.17) is 5.73 Å². The van der Waals surface area contributed by atoms with Crippen LogP contribution in [0.1, 0.15) is 64.2 Å². The molecule has 0 aromatic rings. The van der Waals surface area contributed by atoms with Gasteiger partial charge in [0.1, 0.15) is 0 Å². The molecular weight excluding hydrogens is 236 g/mol. The Morgan fingerprint density at radius 2 is 1.79 bits per heavy atom. The van der Waals surface area contributed by atoms with E-state index in [1.807, 2.05) is 0 Å². The lowest BCUT2D eigenvalue weighted by molar-refractivity contribution is -0.122. The minimum absolute atomic E-state index is 0.286. The van der Waals surface area contributed by atoms with Gasteiger partial charge in [0.05, 0.1) is 0 Å². The highest BCUT2D eigenvalue weighted by atomic mass is 16.1. The molecule has 3 fully saturated rings. The van der Waals surface area contributed by atoms with Gasteiger partial charge in [0.15, 0.2) is 0 Å². The zero-order valence-corrected chi connectivity index (χ0v) is 11.9. The fourth-order valence-electron chi connectivity index (χ4n) is 4.41. The second-order valence-corrected chi connectivity index (χ2v) is 7.18. The minimum atomic E-state index is 0.286. The third kappa shape index (κ3) is 3.31. The van der Waals surface area contributed by atoms with Gasteiger partial charge in [-0.2, -0.15) is 0 Å². The molecule has 0 saturated heterocycles. The summed E-state index contributed by atoms with van der Waals surface area (Å²) in [6.07, 6.45) is 12.0. The number of nitrogens with two attached hydrogens (primary N) is 1. The third-order valence-electron chi connectivity index (χ3n) is 5.66. The van der Waals surface area contributed by atoms with Crippen LogP contribution in [0.4, 0.5) is 0 Å². The second-order valence-electron chi connectivity index (χ2n) is 7.18. The Labute approximate surface area is 116 Å². The second kappa shape index (κ2) is 5.82. The minimum Gasteiger partial charge on any atom is -0.353 e. The molecule has 2 atom stereocenters. The first-order chi connectivity index (χ1) is 9.20. The van der Waals surface area contributed by atoms with E-state index in [-0.39, 0.29) is 5.91 Å². The number of hydrogen-bond donors (Lipinski definition) is 2. The lowest BCUT2D eigenvalue weighted by atomic mass is 9.82. The molecule has 0 radical (unpaired) electrons. The van der Waals surface area contributed by atoms with Gasteiger partial charge in [-0.25, -0.2) is 0 Å². The smallest absolute Gasteiger partial charge is 0.220 e. The molecule has 0 aromatic carbocycles. The maximum Gasteiger partial charge on any atom is 0.220 e. The normalized spacial score (nSPS) is 37.9. The summed E-state index contributed by atoms with van der Waals surface area (Å²) in [5, 5.41) is 3.25. The van der Waals surface area contributed by atoms with Crippen molar-refractivity contribution >= 4 is 5.91 Å². The molecule has 0 heterocycles. The Morgan fingerprint density at radius 3 is 2.37 bits per heavy atom. The Balaban J connectivity index is 1.32. The van der Waals surface area contributed by atoms with Gasteiger partial charge in [0, 0.05) is 18.5 Å². The van der Waals surface area contributed by atoms with Gasteiger partial charge in [-0.15, -0.1) is 0 Å². The van der Waals surface area contributed by atoms with Crippen LogP contribution in [0.5, 0.6) is 0 Å². The SMILES string of the molecule is NC1CC2CC(NC(=O)CCCC3CCC3)CC2C1. The number of carbonyl (C=O) groups is 1. The monoisotopic (exact) mass is 264 g/mol. The quantitative estimate of drug-likeness (QED) is 0.802. The van der Waals surface area contributed by atoms with Crippen molar-refractivity contribution in [2.75, 3.05) is 0 Å².